The van der Waals surface area contributed by atoms with Gasteiger partial charge in [-0.2, -0.15) is 0 Å². The Kier molecular flexibility index (Phi) is 5.09. The molecule has 0 aromatic heterocycles. The van der Waals surface area contributed by atoms with E-state index < -0.39 is 6.36 Å². The van der Waals surface area contributed by atoms with Crippen LogP contribution in [0.5, 0.6) is 5.75 Å². The number of hydrogen-bond acceptors (Lipinski definition) is 2. The molecular formula is C16H16F3NO. The number of halogens is 3. The summed E-state index contributed by atoms with van der Waals surface area (Å²) in [4.78, 5) is 0. The van der Waals surface area contributed by atoms with E-state index in [1.807, 2.05) is 30.3 Å². The van der Waals surface area contributed by atoms with E-state index in [1.54, 1.807) is 12.1 Å². The van der Waals surface area contributed by atoms with Gasteiger partial charge in [0.2, 0.25) is 0 Å². The Bertz CT molecular complexity index is 538. The second-order valence-corrected chi connectivity index (χ2v) is 4.59. The zero-order valence-corrected chi connectivity index (χ0v) is 11.4. The van der Waals surface area contributed by atoms with E-state index in [1.165, 1.54) is 12.1 Å². The fourth-order valence-electron chi connectivity index (χ4n) is 1.94. The van der Waals surface area contributed by atoms with Crippen LogP contribution >= 0.6 is 0 Å². The Balaban J connectivity index is 1.74. The van der Waals surface area contributed by atoms with Gasteiger partial charge in [0.15, 0.2) is 0 Å². The predicted molar refractivity (Wildman–Crippen MR) is 76.4 cm³/mol. The molecule has 0 heterocycles. The summed E-state index contributed by atoms with van der Waals surface area (Å²) in [6.07, 6.45) is -2.94. The first-order valence-corrected chi connectivity index (χ1v) is 6.66. The van der Waals surface area contributed by atoms with Crippen LogP contribution in [0.25, 0.3) is 0 Å². The molecule has 2 nitrogen and oxygen atoms in total. The number of nitrogens with one attached hydrogen (secondary N) is 1. The first-order chi connectivity index (χ1) is 10.0. The van der Waals surface area contributed by atoms with Gasteiger partial charge < -0.3 is 10.1 Å². The first kappa shape index (κ1) is 15.2. The van der Waals surface area contributed by atoms with Gasteiger partial charge in [-0.15, -0.1) is 13.2 Å². The maximum atomic E-state index is 12.0. The highest BCUT2D eigenvalue weighted by atomic mass is 19.4. The van der Waals surface area contributed by atoms with Crippen molar-refractivity contribution in [2.45, 2.75) is 19.2 Å². The average Bonchev–Trinajstić information content (AvgIpc) is 2.45. The summed E-state index contributed by atoms with van der Waals surface area (Å²) in [6.45, 7) is 0.810. The molecule has 0 fully saturated rings. The van der Waals surface area contributed by atoms with Gasteiger partial charge in [-0.3, -0.25) is 0 Å². The molecule has 0 saturated heterocycles. The van der Waals surface area contributed by atoms with Gasteiger partial charge >= 0.3 is 6.36 Å². The zero-order chi connectivity index (χ0) is 15.1. The third-order valence-electron chi connectivity index (χ3n) is 2.90. The summed E-state index contributed by atoms with van der Waals surface area (Å²) in [5.74, 6) is -0.186. The molecule has 0 atom stereocenters. The third-order valence-corrected chi connectivity index (χ3v) is 2.90. The van der Waals surface area contributed by atoms with Crippen LogP contribution in [0.2, 0.25) is 0 Å². The fraction of sp³-hybridized carbons (Fsp3) is 0.250. The van der Waals surface area contributed by atoms with E-state index in [0.29, 0.717) is 0 Å². The summed E-state index contributed by atoms with van der Waals surface area (Å²) in [5.41, 5.74) is 2.05. The van der Waals surface area contributed by atoms with E-state index in [4.69, 9.17) is 0 Å². The normalized spacial score (nSPS) is 11.2. The highest BCUT2D eigenvalue weighted by molar-refractivity contribution is 5.42. The number of alkyl halides is 3. The molecule has 5 heteroatoms. The van der Waals surface area contributed by atoms with Crippen LogP contribution in [0.15, 0.2) is 54.6 Å². The summed E-state index contributed by atoms with van der Waals surface area (Å²) in [7, 11) is 0. The lowest BCUT2D eigenvalue weighted by molar-refractivity contribution is -0.274. The number of benzene rings is 2. The van der Waals surface area contributed by atoms with Gasteiger partial charge in [0.25, 0.3) is 0 Å². The van der Waals surface area contributed by atoms with Gasteiger partial charge in [0.05, 0.1) is 0 Å². The molecule has 2 rings (SSSR count). The lowest BCUT2D eigenvalue weighted by Crippen LogP contribution is -2.17. The van der Waals surface area contributed by atoms with Crippen molar-refractivity contribution >= 4 is 5.69 Å². The molecule has 112 valence electrons. The summed E-state index contributed by atoms with van der Waals surface area (Å²) in [5, 5.41) is 3.28. The fourth-order valence-corrected chi connectivity index (χ4v) is 1.94. The van der Waals surface area contributed by atoms with Crippen LogP contribution in [-0.4, -0.2) is 12.9 Å². The van der Waals surface area contributed by atoms with E-state index in [-0.39, 0.29) is 5.75 Å². The second kappa shape index (κ2) is 7.02. The third kappa shape index (κ3) is 5.77. The molecule has 0 aliphatic carbocycles. The maximum absolute atomic E-state index is 12.0. The first-order valence-electron chi connectivity index (χ1n) is 6.66. The Morgan fingerprint density at radius 2 is 1.57 bits per heavy atom. The van der Waals surface area contributed by atoms with Crippen LogP contribution in [0, 0.1) is 0 Å². The van der Waals surface area contributed by atoms with Crippen molar-refractivity contribution in [3.8, 4) is 5.75 Å². The number of hydrogen-bond donors (Lipinski definition) is 1. The molecule has 1 N–H and O–H groups in total. The van der Waals surface area contributed by atoms with Crippen LogP contribution in [0.3, 0.4) is 0 Å². The van der Waals surface area contributed by atoms with Crippen molar-refractivity contribution in [2.24, 2.45) is 0 Å². The minimum Gasteiger partial charge on any atom is -0.406 e. The zero-order valence-electron chi connectivity index (χ0n) is 11.4. The highest BCUT2D eigenvalue weighted by Gasteiger charge is 2.30. The largest absolute Gasteiger partial charge is 0.573 e. The van der Waals surface area contributed by atoms with Crippen molar-refractivity contribution < 1.29 is 17.9 Å². The smallest absolute Gasteiger partial charge is 0.406 e. The highest BCUT2D eigenvalue weighted by Crippen LogP contribution is 2.23. The molecule has 0 amide bonds. The van der Waals surface area contributed by atoms with E-state index in [9.17, 15) is 13.2 Å². The van der Waals surface area contributed by atoms with Gasteiger partial charge in [-0.25, -0.2) is 0 Å². The number of aryl methyl sites for hydroxylation is 1. The molecule has 0 saturated carbocycles. The van der Waals surface area contributed by atoms with E-state index in [0.717, 1.165) is 30.6 Å². The monoisotopic (exact) mass is 295 g/mol. The minimum atomic E-state index is -4.64. The molecule has 0 spiro atoms. The number of rotatable bonds is 6. The van der Waals surface area contributed by atoms with Crippen molar-refractivity contribution in [3.05, 3.63) is 60.2 Å². The molecule has 2 aromatic carbocycles. The van der Waals surface area contributed by atoms with Crippen molar-refractivity contribution in [2.75, 3.05) is 11.9 Å². The standard InChI is InChI=1S/C16H16F3NO/c17-16(18,19)21-15-10-8-13(9-11-15)5-4-12-20-14-6-2-1-3-7-14/h1-3,6-11,20H,4-5,12H2. The average molecular weight is 295 g/mol. The minimum absolute atomic E-state index is 0.186. The molecule has 0 radical (unpaired) electrons. The molecule has 0 aliphatic rings. The topological polar surface area (TPSA) is 21.3 Å². The molecule has 0 unspecified atom stereocenters. The molecule has 2 aromatic rings. The molecule has 0 bridgehead atoms. The predicted octanol–water partition coefficient (Wildman–Crippen LogP) is 4.63. The SMILES string of the molecule is FC(F)(F)Oc1ccc(CCCNc2ccccc2)cc1. The Morgan fingerprint density at radius 1 is 0.905 bits per heavy atom. The molecule has 0 aliphatic heterocycles. The van der Waals surface area contributed by atoms with E-state index >= 15 is 0 Å². The Morgan fingerprint density at radius 3 is 2.19 bits per heavy atom. The summed E-state index contributed by atoms with van der Waals surface area (Å²) >= 11 is 0. The quantitative estimate of drug-likeness (QED) is 0.784. The number of ether oxygens (including phenoxy) is 1. The lowest BCUT2D eigenvalue weighted by Gasteiger charge is -2.09. The Labute approximate surface area is 121 Å². The second-order valence-electron chi connectivity index (χ2n) is 4.59. The van der Waals surface area contributed by atoms with E-state index in [2.05, 4.69) is 10.1 Å². The van der Waals surface area contributed by atoms with Gasteiger partial charge in [0, 0.05) is 12.2 Å². The van der Waals surface area contributed by atoms with Crippen molar-refractivity contribution in [1.82, 2.24) is 0 Å². The molecule has 21 heavy (non-hydrogen) atoms. The maximum Gasteiger partial charge on any atom is 0.573 e. The van der Waals surface area contributed by atoms with Crippen LogP contribution in [0.4, 0.5) is 18.9 Å². The van der Waals surface area contributed by atoms with Crippen molar-refractivity contribution in [1.29, 1.82) is 0 Å². The van der Waals surface area contributed by atoms with Gasteiger partial charge in [-0.05, 0) is 42.7 Å². The van der Waals surface area contributed by atoms with Crippen LogP contribution < -0.4 is 10.1 Å². The number of para-hydroxylation sites is 1. The lowest BCUT2D eigenvalue weighted by atomic mass is 10.1. The van der Waals surface area contributed by atoms with Crippen molar-refractivity contribution in [3.63, 3.8) is 0 Å². The van der Waals surface area contributed by atoms with Gasteiger partial charge in [-0.1, -0.05) is 30.3 Å². The number of anilines is 1. The summed E-state index contributed by atoms with van der Waals surface area (Å²) in [6, 6.07) is 15.8. The Hall–Kier alpha value is -2.17. The summed E-state index contributed by atoms with van der Waals surface area (Å²) < 4.78 is 39.9. The molecular weight excluding hydrogens is 279 g/mol. The van der Waals surface area contributed by atoms with Gasteiger partial charge in [0.1, 0.15) is 5.75 Å². The van der Waals surface area contributed by atoms with Crippen LogP contribution in [-0.2, 0) is 6.42 Å². The van der Waals surface area contributed by atoms with Crippen LogP contribution in [0.1, 0.15) is 12.0 Å².